The average Bonchev–Trinajstić information content (AvgIpc) is 3.03. The molecule has 0 saturated heterocycles. The standard InChI is InChI=1S/C14H18BrN5O/c1-21-5-4-14(2-3-14)9-20-13(17-18-19-20)10-6-11(15)8-12(16)7-10/h6-8H,2-5,9,16H2,1H3. The minimum Gasteiger partial charge on any atom is -0.399 e. The van der Waals surface area contributed by atoms with Crippen molar-refractivity contribution in [3.8, 4) is 11.4 Å². The SMILES string of the molecule is COCCC1(Cn2nnnc2-c2cc(N)cc(Br)c2)CC1. The van der Waals surface area contributed by atoms with Gasteiger partial charge in [0, 0.05) is 29.4 Å². The molecule has 0 bridgehead atoms. The molecule has 1 heterocycles. The Bertz CT molecular complexity index is 618. The smallest absolute Gasteiger partial charge is 0.182 e. The molecule has 7 heteroatoms. The first-order chi connectivity index (χ1) is 10.1. The topological polar surface area (TPSA) is 78.8 Å². The molecule has 1 aliphatic carbocycles. The molecule has 1 aliphatic rings. The van der Waals surface area contributed by atoms with Gasteiger partial charge >= 0.3 is 0 Å². The molecule has 112 valence electrons. The predicted molar refractivity (Wildman–Crippen MR) is 83.5 cm³/mol. The Morgan fingerprint density at radius 3 is 2.86 bits per heavy atom. The van der Waals surface area contributed by atoms with Crippen molar-refractivity contribution in [3.05, 3.63) is 22.7 Å². The van der Waals surface area contributed by atoms with Gasteiger partial charge in [0.05, 0.1) is 6.54 Å². The van der Waals surface area contributed by atoms with E-state index in [4.69, 9.17) is 10.5 Å². The molecule has 0 atom stereocenters. The number of benzene rings is 1. The highest BCUT2D eigenvalue weighted by molar-refractivity contribution is 9.10. The fraction of sp³-hybridized carbons (Fsp3) is 0.500. The lowest BCUT2D eigenvalue weighted by atomic mass is 10.0. The zero-order valence-electron chi connectivity index (χ0n) is 11.9. The van der Waals surface area contributed by atoms with E-state index in [1.807, 2.05) is 22.9 Å². The van der Waals surface area contributed by atoms with E-state index in [1.165, 1.54) is 12.8 Å². The van der Waals surface area contributed by atoms with Gasteiger partial charge in [-0.15, -0.1) is 5.10 Å². The summed E-state index contributed by atoms with van der Waals surface area (Å²) >= 11 is 3.46. The molecule has 2 aromatic rings. The quantitative estimate of drug-likeness (QED) is 0.808. The van der Waals surface area contributed by atoms with E-state index >= 15 is 0 Å². The van der Waals surface area contributed by atoms with Gasteiger partial charge in [0.1, 0.15) is 0 Å². The number of anilines is 1. The summed E-state index contributed by atoms with van der Waals surface area (Å²) in [6.45, 7) is 1.60. The summed E-state index contributed by atoms with van der Waals surface area (Å²) in [5.74, 6) is 0.756. The molecular formula is C14H18BrN5O. The molecule has 2 N–H and O–H groups in total. The third kappa shape index (κ3) is 3.24. The second-order valence-electron chi connectivity index (χ2n) is 5.68. The lowest BCUT2D eigenvalue weighted by molar-refractivity contribution is 0.165. The van der Waals surface area contributed by atoms with E-state index in [2.05, 4.69) is 31.5 Å². The van der Waals surface area contributed by atoms with Crippen molar-refractivity contribution in [2.24, 2.45) is 5.41 Å². The molecule has 1 aromatic heterocycles. The second-order valence-corrected chi connectivity index (χ2v) is 6.59. The van der Waals surface area contributed by atoms with Crippen molar-refractivity contribution < 1.29 is 4.74 Å². The van der Waals surface area contributed by atoms with Gasteiger partial charge in [-0.25, -0.2) is 4.68 Å². The number of ether oxygens (including phenoxy) is 1. The van der Waals surface area contributed by atoms with Gasteiger partial charge < -0.3 is 10.5 Å². The van der Waals surface area contributed by atoms with Crippen molar-refractivity contribution >= 4 is 21.6 Å². The van der Waals surface area contributed by atoms with Crippen LogP contribution in [0.5, 0.6) is 0 Å². The number of tetrazole rings is 1. The summed E-state index contributed by atoms with van der Waals surface area (Å²) in [5, 5.41) is 12.1. The van der Waals surface area contributed by atoms with Crippen LogP contribution in [0.15, 0.2) is 22.7 Å². The summed E-state index contributed by atoms with van der Waals surface area (Å²) in [7, 11) is 1.74. The number of nitrogens with two attached hydrogens (primary N) is 1. The van der Waals surface area contributed by atoms with Crippen LogP contribution in [0.2, 0.25) is 0 Å². The van der Waals surface area contributed by atoms with Crippen LogP contribution in [0, 0.1) is 5.41 Å². The maximum Gasteiger partial charge on any atom is 0.182 e. The fourth-order valence-corrected chi connectivity index (χ4v) is 3.07. The number of aromatic nitrogens is 4. The third-order valence-corrected chi connectivity index (χ3v) is 4.45. The molecule has 3 rings (SSSR count). The Morgan fingerprint density at radius 2 is 2.19 bits per heavy atom. The molecule has 0 aliphatic heterocycles. The third-order valence-electron chi connectivity index (χ3n) is 3.99. The summed E-state index contributed by atoms with van der Waals surface area (Å²) in [6.07, 6.45) is 3.45. The van der Waals surface area contributed by atoms with Gasteiger partial charge in [0.15, 0.2) is 5.82 Å². The van der Waals surface area contributed by atoms with Gasteiger partial charge in [0.25, 0.3) is 0 Å². The molecular weight excluding hydrogens is 334 g/mol. The minimum absolute atomic E-state index is 0.289. The zero-order valence-corrected chi connectivity index (χ0v) is 13.5. The number of methoxy groups -OCH3 is 1. The van der Waals surface area contributed by atoms with Crippen molar-refractivity contribution in [1.82, 2.24) is 20.2 Å². The van der Waals surface area contributed by atoms with Gasteiger partial charge in [-0.2, -0.15) is 0 Å². The highest BCUT2D eigenvalue weighted by atomic mass is 79.9. The van der Waals surface area contributed by atoms with E-state index < -0.39 is 0 Å². The second kappa shape index (κ2) is 5.73. The maximum absolute atomic E-state index is 5.90. The first-order valence-electron chi connectivity index (χ1n) is 6.93. The van der Waals surface area contributed by atoms with Gasteiger partial charge in [-0.1, -0.05) is 15.9 Å². The highest BCUT2D eigenvalue weighted by Crippen LogP contribution is 2.50. The first kappa shape index (κ1) is 14.5. The van der Waals surface area contributed by atoms with Gasteiger partial charge in [0.2, 0.25) is 0 Å². The Hall–Kier alpha value is -1.47. The fourth-order valence-electron chi connectivity index (χ4n) is 2.56. The van der Waals surface area contributed by atoms with Crippen LogP contribution in [-0.4, -0.2) is 33.9 Å². The van der Waals surface area contributed by atoms with E-state index in [0.717, 1.165) is 35.4 Å². The van der Waals surface area contributed by atoms with Crippen LogP contribution in [0.25, 0.3) is 11.4 Å². The molecule has 0 unspecified atom stereocenters. The predicted octanol–water partition coefficient (Wildman–Crippen LogP) is 2.50. The Balaban J connectivity index is 1.84. The molecule has 0 amide bonds. The highest BCUT2D eigenvalue weighted by Gasteiger charge is 2.43. The minimum atomic E-state index is 0.289. The lowest BCUT2D eigenvalue weighted by Crippen LogP contribution is -2.16. The van der Waals surface area contributed by atoms with Crippen LogP contribution < -0.4 is 5.73 Å². The summed E-state index contributed by atoms with van der Waals surface area (Å²) in [4.78, 5) is 0. The largest absolute Gasteiger partial charge is 0.399 e. The Labute approximate surface area is 131 Å². The number of nitrogens with zero attached hydrogens (tertiary/aromatic N) is 4. The number of hydrogen-bond donors (Lipinski definition) is 1. The number of nitrogen functional groups attached to an aromatic ring is 1. The summed E-state index contributed by atoms with van der Waals surface area (Å²) in [6, 6.07) is 5.73. The number of halogens is 1. The van der Waals surface area contributed by atoms with Crippen molar-refractivity contribution in [2.75, 3.05) is 19.5 Å². The monoisotopic (exact) mass is 351 g/mol. The van der Waals surface area contributed by atoms with E-state index in [0.29, 0.717) is 5.69 Å². The zero-order chi connectivity index (χ0) is 14.9. The van der Waals surface area contributed by atoms with Gasteiger partial charge in [-0.05, 0) is 53.3 Å². The normalized spacial score (nSPS) is 16.1. The average molecular weight is 352 g/mol. The molecule has 0 spiro atoms. The van der Waals surface area contributed by atoms with Crippen molar-refractivity contribution in [1.29, 1.82) is 0 Å². The number of rotatable bonds is 6. The first-order valence-corrected chi connectivity index (χ1v) is 7.73. The molecule has 1 saturated carbocycles. The van der Waals surface area contributed by atoms with Crippen LogP contribution >= 0.6 is 15.9 Å². The van der Waals surface area contributed by atoms with Crippen molar-refractivity contribution in [3.63, 3.8) is 0 Å². The molecule has 21 heavy (non-hydrogen) atoms. The Kier molecular flexibility index (Phi) is 3.95. The van der Waals surface area contributed by atoms with Crippen LogP contribution in [0.4, 0.5) is 5.69 Å². The Morgan fingerprint density at radius 1 is 1.38 bits per heavy atom. The van der Waals surface area contributed by atoms with Crippen LogP contribution in [0.1, 0.15) is 19.3 Å². The lowest BCUT2D eigenvalue weighted by Gasteiger charge is -2.15. The molecule has 6 nitrogen and oxygen atoms in total. The van der Waals surface area contributed by atoms with Crippen LogP contribution in [-0.2, 0) is 11.3 Å². The van der Waals surface area contributed by atoms with Gasteiger partial charge in [-0.3, -0.25) is 0 Å². The summed E-state index contributed by atoms with van der Waals surface area (Å²) < 4.78 is 8.00. The van der Waals surface area contributed by atoms with E-state index in [-0.39, 0.29) is 5.41 Å². The molecule has 0 radical (unpaired) electrons. The van der Waals surface area contributed by atoms with E-state index in [9.17, 15) is 0 Å². The van der Waals surface area contributed by atoms with Crippen molar-refractivity contribution in [2.45, 2.75) is 25.8 Å². The molecule has 1 aromatic carbocycles. The maximum atomic E-state index is 5.90. The molecule has 1 fully saturated rings. The van der Waals surface area contributed by atoms with E-state index in [1.54, 1.807) is 7.11 Å². The summed E-state index contributed by atoms with van der Waals surface area (Å²) in [5.41, 5.74) is 7.80. The number of hydrogen-bond acceptors (Lipinski definition) is 5. The van der Waals surface area contributed by atoms with Crippen LogP contribution in [0.3, 0.4) is 0 Å².